The molecule has 0 spiro atoms. The van der Waals surface area contributed by atoms with Gasteiger partial charge in [0.25, 0.3) is 0 Å². The predicted molar refractivity (Wildman–Crippen MR) is 48.0 cm³/mol. The first-order valence-electron chi connectivity index (χ1n) is 4.38. The third-order valence-electron chi connectivity index (χ3n) is 1.58. The summed E-state index contributed by atoms with van der Waals surface area (Å²) in [6.45, 7) is 2.76. The van der Waals surface area contributed by atoms with Crippen molar-refractivity contribution in [2.45, 2.75) is 39.0 Å². The highest BCUT2D eigenvalue weighted by Crippen LogP contribution is 2.02. The van der Waals surface area contributed by atoms with E-state index in [-0.39, 0.29) is 0 Å². The van der Waals surface area contributed by atoms with Crippen molar-refractivity contribution >= 4 is 0 Å². The zero-order chi connectivity index (χ0) is 8.36. The predicted octanol–water partition coefficient (Wildman–Crippen LogP) is 2.40. The molecule has 66 valence electrons. The van der Waals surface area contributed by atoms with E-state index in [9.17, 15) is 0 Å². The quantitative estimate of drug-likeness (QED) is 0.350. The van der Waals surface area contributed by atoms with E-state index in [0.717, 1.165) is 6.42 Å². The van der Waals surface area contributed by atoms with E-state index in [4.69, 9.17) is 5.90 Å². The van der Waals surface area contributed by atoms with Crippen LogP contribution in [0.1, 0.15) is 39.0 Å². The second-order valence-electron chi connectivity index (χ2n) is 2.65. The van der Waals surface area contributed by atoms with Crippen LogP contribution in [-0.4, -0.2) is 6.61 Å². The van der Waals surface area contributed by atoms with Crippen molar-refractivity contribution in [1.82, 2.24) is 0 Å². The molecule has 0 aliphatic rings. The third-order valence-corrected chi connectivity index (χ3v) is 1.58. The molecule has 0 aliphatic heterocycles. The molecular weight excluding hydrogens is 138 g/mol. The van der Waals surface area contributed by atoms with Gasteiger partial charge in [0.05, 0.1) is 6.61 Å². The van der Waals surface area contributed by atoms with E-state index in [1.54, 1.807) is 0 Å². The molecule has 0 aromatic carbocycles. The SMILES string of the molecule is CCCCCC/C=C\CON. The van der Waals surface area contributed by atoms with Crippen molar-refractivity contribution < 1.29 is 4.84 Å². The third kappa shape index (κ3) is 9.66. The summed E-state index contributed by atoms with van der Waals surface area (Å²) in [5.74, 6) is 4.84. The van der Waals surface area contributed by atoms with Crippen LogP contribution >= 0.6 is 0 Å². The molecule has 0 fully saturated rings. The molecular formula is C9H19NO. The van der Waals surface area contributed by atoms with Gasteiger partial charge in [0.15, 0.2) is 0 Å². The molecule has 0 aromatic heterocycles. The monoisotopic (exact) mass is 157 g/mol. The van der Waals surface area contributed by atoms with E-state index in [2.05, 4.69) is 17.8 Å². The Morgan fingerprint density at radius 2 is 2.00 bits per heavy atom. The molecule has 2 heteroatoms. The minimum atomic E-state index is 0.535. The van der Waals surface area contributed by atoms with Crippen molar-refractivity contribution in [3.8, 4) is 0 Å². The van der Waals surface area contributed by atoms with Crippen molar-refractivity contribution in [3.63, 3.8) is 0 Å². The van der Waals surface area contributed by atoms with Crippen molar-refractivity contribution in [3.05, 3.63) is 12.2 Å². The second kappa shape index (κ2) is 9.66. The molecule has 0 radical (unpaired) electrons. The van der Waals surface area contributed by atoms with Gasteiger partial charge in [-0.15, -0.1) is 0 Å². The molecule has 0 saturated carbocycles. The average Bonchev–Trinajstić information content (AvgIpc) is 2.03. The lowest BCUT2D eigenvalue weighted by Crippen LogP contribution is -1.96. The molecule has 0 heterocycles. The molecule has 0 rings (SSSR count). The van der Waals surface area contributed by atoms with Gasteiger partial charge in [-0.2, -0.15) is 0 Å². The Morgan fingerprint density at radius 1 is 1.18 bits per heavy atom. The maximum absolute atomic E-state index is 4.84. The Hall–Kier alpha value is -0.340. The van der Waals surface area contributed by atoms with Gasteiger partial charge in [-0.25, -0.2) is 5.90 Å². The Balaban J connectivity index is 2.89. The van der Waals surface area contributed by atoms with Gasteiger partial charge >= 0.3 is 0 Å². The van der Waals surface area contributed by atoms with Gasteiger partial charge < -0.3 is 4.84 Å². The largest absolute Gasteiger partial charge is 0.300 e. The smallest absolute Gasteiger partial charge is 0.0860 e. The molecule has 0 bridgehead atoms. The van der Waals surface area contributed by atoms with Crippen LogP contribution in [0.25, 0.3) is 0 Å². The highest BCUT2D eigenvalue weighted by Gasteiger charge is 1.83. The lowest BCUT2D eigenvalue weighted by molar-refractivity contribution is 0.168. The average molecular weight is 157 g/mol. The van der Waals surface area contributed by atoms with Crippen LogP contribution in [0.5, 0.6) is 0 Å². The van der Waals surface area contributed by atoms with Crippen LogP contribution in [0.4, 0.5) is 0 Å². The zero-order valence-electron chi connectivity index (χ0n) is 7.38. The van der Waals surface area contributed by atoms with Gasteiger partial charge in [-0.1, -0.05) is 38.3 Å². The number of unbranched alkanes of at least 4 members (excludes halogenated alkanes) is 4. The number of allylic oxidation sites excluding steroid dienone is 1. The summed E-state index contributed by atoms with van der Waals surface area (Å²) < 4.78 is 0. The molecule has 0 atom stereocenters. The minimum Gasteiger partial charge on any atom is -0.300 e. The maximum Gasteiger partial charge on any atom is 0.0860 e. The molecule has 0 aliphatic carbocycles. The fourth-order valence-electron chi connectivity index (χ4n) is 0.930. The molecule has 2 N–H and O–H groups in total. The molecule has 0 saturated heterocycles. The fourth-order valence-corrected chi connectivity index (χ4v) is 0.930. The number of hydrogen-bond acceptors (Lipinski definition) is 2. The Morgan fingerprint density at radius 3 is 2.64 bits per heavy atom. The fraction of sp³-hybridized carbons (Fsp3) is 0.778. The zero-order valence-corrected chi connectivity index (χ0v) is 7.38. The van der Waals surface area contributed by atoms with Gasteiger partial charge in [0.2, 0.25) is 0 Å². The molecule has 0 unspecified atom stereocenters. The molecule has 0 aromatic rings. The van der Waals surface area contributed by atoms with Crippen molar-refractivity contribution in [2.24, 2.45) is 5.90 Å². The van der Waals surface area contributed by atoms with Gasteiger partial charge in [-0.05, 0) is 12.8 Å². The lowest BCUT2D eigenvalue weighted by atomic mass is 10.1. The van der Waals surface area contributed by atoms with Crippen LogP contribution in [0.15, 0.2) is 12.2 Å². The van der Waals surface area contributed by atoms with Gasteiger partial charge in [-0.3, -0.25) is 0 Å². The van der Waals surface area contributed by atoms with Crippen LogP contribution < -0.4 is 5.90 Å². The first kappa shape index (κ1) is 10.7. The van der Waals surface area contributed by atoms with E-state index in [1.807, 2.05) is 6.08 Å². The Bertz CT molecular complexity index is 91.6. The van der Waals surface area contributed by atoms with Crippen LogP contribution in [0, 0.1) is 0 Å². The highest BCUT2D eigenvalue weighted by molar-refractivity contribution is 4.80. The van der Waals surface area contributed by atoms with Crippen LogP contribution in [-0.2, 0) is 4.84 Å². The number of rotatable bonds is 7. The summed E-state index contributed by atoms with van der Waals surface area (Å²) in [4.78, 5) is 4.38. The Labute approximate surface area is 69.4 Å². The molecule has 2 nitrogen and oxygen atoms in total. The second-order valence-corrected chi connectivity index (χ2v) is 2.65. The molecule has 0 amide bonds. The van der Waals surface area contributed by atoms with E-state index in [1.165, 1.54) is 25.7 Å². The van der Waals surface area contributed by atoms with E-state index in [0.29, 0.717) is 6.61 Å². The van der Waals surface area contributed by atoms with E-state index < -0.39 is 0 Å². The Kier molecular flexibility index (Phi) is 9.36. The van der Waals surface area contributed by atoms with Crippen molar-refractivity contribution in [2.75, 3.05) is 6.61 Å². The van der Waals surface area contributed by atoms with Crippen LogP contribution in [0.2, 0.25) is 0 Å². The number of hydrogen-bond donors (Lipinski definition) is 1. The first-order valence-corrected chi connectivity index (χ1v) is 4.38. The summed E-state index contributed by atoms with van der Waals surface area (Å²) in [5, 5.41) is 0. The molecule has 11 heavy (non-hydrogen) atoms. The van der Waals surface area contributed by atoms with E-state index >= 15 is 0 Å². The lowest BCUT2D eigenvalue weighted by Gasteiger charge is -1.93. The maximum atomic E-state index is 4.84. The summed E-state index contributed by atoms with van der Waals surface area (Å²) in [5.41, 5.74) is 0. The minimum absolute atomic E-state index is 0.535. The normalized spacial score (nSPS) is 11.1. The van der Waals surface area contributed by atoms with Gasteiger partial charge in [0.1, 0.15) is 0 Å². The van der Waals surface area contributed by atoms with Gasteiger partial charge in [0, 0.05) is 0 Å². The topological polar surface area (TPSA) is 35.2 Å². The number of nitrogens with two attached hydrogens (primary N) is 1. The summed E-state index contributed by atoms with van der Waals surface area (Å²) in [7, 11) is 0. The summed E-state index contributed by atoms with van der Waals surface area (Å²) in [6, 6.07) is 0. The van der Waals surface area contributed by atoms with Crippen molar-refractivity contribution in [1.29, 1.82) is 0 Å². The van der Waals surface area contributed by atoms with Crippen LogP contribution in [0.3, 0.4) is 0 Å². The standard InChI is InChI=1S/C9H19NO/c1-2-3-4-5-6-7-8-9-11-10/h7-8H,2-6,9-10H2,1H3/b8-7-. The first-order chi connectivity index (χ1) is 5.41. The highest BCUT2D eigenvalue weighted by atomic mass is 16.6. The summed E-state index contributed by atoms with van der Waals surface area (Å²) >= 11 is 0. The summed E-state index contributed by atoms with van der Waals surface area (Å²) in [6.07, 6.45) is 10.5.